The van der Waals surface area contributed by atoms with Gasteiger partial charge in [-0.2, -0.15) is 0 Å². The van der Waals surface area contributed by atoms with Crippen LogP contribution in [0.3, 0.4) is 0 Å². The highest BCUT2D eigenvalue weighted by atomic mass is 35.5. The molecule has 0 fully saturated rings. The lowest BCUT2D eigenvalue weighted by molar-refractivity contribution is 0.0980. The molecule has 2 heterocycles. The number of rotatable bonds is 4. The maximum atomic E-state index is 13.2. The van der Waals surface area contributed by atoms with Gasteiger partial charge in [-0.3, -0.25) is 4.79 Å². The number of carbonyl (C=O) groups is 1. The molecule has 0 aliphatic carbocycles. The Kier molecular flexibility index (Phi) is 5.26. The van der Waals surface area contributed by atoms with Crippen molar-refractivity contribution in [2.24, 2.45) is 0 Å². The number of aryl methyl sites for hydroxylation is 2. The zero-order chi connectivity index (χ0) is 19.5. The van der Waals surface area contributed by atoms with Crippen LogP contribution in [0.1, 0.15) is 33.7 Å². The van der Waals surface area contributed by atoms with E-state index in [4.69, 9.17) is 11.6 Å². The van der Waals surface area contributed by atoms with Crippen LogP contribution in [0, 0.1) is 6.92 Å². The fourth-order valence-electron chi connectivity index (χ4n) is 3.42. The summed E-state index contributed by atoms with van der Waals surface area (Å²) in [6.45, 7) is 3.13. The zero-order valence-electron chi connectivity index (χ0n) is 15.7. The van der Waals surface area contributed by atoms with Gasteiger partial charge in [-0.1, -0.05) is 41.9 Å². The molecule has 1 aromatic heterocycles. The lowest BCUT2D eigenvalue weighted by Gasteiger charge is -2.29. The number of aromatic nitrogens is 2. The summed E-state index contributed by atoms with van der Waals surface area (Å²) in [6.07, 6.45) is 1.95. The van der Waals surface area contributed by atoms with Crippen molar-refractivity contribution in [1.29, 1.82) is 0 Å². The highest BCUT2D eigenvalue weighted by Crippen LogP contribution is 2.28. The molecule has 1 aliphatic heterocycles. The summed E-state index contributed by atoms with van der Waals surface area (Å²) in [5.41, 5.74) is 4.40. The number of para-hydroxylation sites is 1. The molecule has 6 heteroatoms. The highest BCUT2D eigenvalue weighted by Gasteiger charge is 2.24. The van der Waals surface area contributed by atoms with E-state index >= 15 is 0 Å². The van der Waals surface area contributed by atoms with Crippen molar-refractivity contribution in [1.82, 2.24) is 9.97 Å². The minimum Gasteiger partial charge on any atom is -0.350 e. The molecule has 0 radical (unpaired) electrons. The molecule has 0 saturated heterocycles. The molecule has 0 bridgehead atoms. The average Bonchev–Trinajstić information content (AvgIpc) is 2.72. The number of hydrogen-bond donors (Lipinski definition) is 1. The molecular formula is C22H21ClN4O. The summed E-state index contributed by atoms with van der Waals surface area (Å²) in [4.78, 5) is 23.9. The quantitative estimate of drug-likeness (QED) is 0.702. The number of anilines is 2. The number of amides is 1. The zero-order valence-corrected chi connectivity index (χ0v) is 16.4. The SMILES string of the molecule is Cc1cc(C(=O)N2CCCc3ccccc32)nc(NCc2ccc(Cl)cc2)n1. The van der Waals surface area contributed by atoms with Crippen molar-refractivity contribution in [3.63, 3.8) is 0 Å². The van der Waals surface area contributed by atoms with Gasteiger partial charge in [0.05, 0.1) is 0 Å². The largest absolute Gasteiger partial charge is 0.350 e. The fourth-order valence-corrected chi connectivity index (χ4v) is 3.55. The summed E-state index contributed by atoms with van der Waals surface area (Å²) in [5, 5.41) is 3.90. The van der Waals surface area contributed by atoms with Crippen LogP contribution in [0.15, 0.2) is 54.6 Å². The Balaban J connectivity index is 1.55. The van der Waals surface area contributed by atoms with Crippen LogP contribution in [0.25, 0.3) is 0 Å². The van der Waals surface area contributed by atoms with Crippen LogP contribution >= 0.6 is 11.6 Å². The van der Waals surface area contributed by atoms with Gasteiger partial charge in [-0.05, 0) is 55.2 Å². The molecule has 0 unspecified atom stereocenters. The summed E-state index contributed by atoms with van der Waals surface area (Å²) in [7, 11) is 0. The summed E-state index contributed by atoms with van der Waals surface area (Å²) in [5.74, 6) is 0.357. The highest BCUT2D eigenvalue weighted by molar-refractivity contribution is 6.30. The van der Waals surface area contributed by atoms with E-state index in [-0.39, 0.29) is 5.91 Å². The molecule has 0 spiro atoms. The van der Waals surface area contributed by atoms with Gasteiger partial charge >= 0.3 is 0 Å². The van der Waals surface area contributed by atoms with Crippen LogP contribution in [0.5, 0.6) is 0 Å². The molecule has 1 aliphatic rings. The van der Waals surface area contributed by atoms with Crippen molar-refractivity contribution in [3.8, 4) is 0 Å². The van der Waals surface area contributed by atoms with Crippen molar-refractivity contribution in [3.05, 3.63) is 82.1 Å². The number of hydrogen-bond acceptors (Lipinski definition) is 4. The predicted octanol–water partition coefficient (Wildman–Crippen LogP) is 4.64. The number of halogens is 1. The van der Waals surface area contributed by atoms with E-state index in [9.17, 15) is 4.79 Å². The molecule has 1 amide bonds. The first kappa shape index (κ1) is 18.4. The summed E-state index contributed by atoms with van der Waals surface area (Å²) in [6, 6.07) is 17.4. The minimum atomic E-state index is -0.0906. The maximum absolute atomic E-state index is 13.2. The van der Waals surface area contributed by atoms with Crippen LogP contribution < -0.4 is 10.2 Å². The third kappa shape index (κ3) is 3.99. The second-order valence-corrected chi connectivity index (χ2v) is 7.32. The number of nitrogens with zero attached hydrogens (tertiary/aromatic N) is 3. The van der Waals surface area contributed by atoms with Gasteiger partial charge in [0, 0.05) is 29.5 Å². The van der Waals surface area contributed by atoms with E-state index in [1.807, 2.05) is 54.3 Å². The lowest BCUT2D eigenvalue weighted by Crippen LogP contribution is -2.36. The second-order valence-electron chi connectivity index (χ2n) is 6.89. The monoisotopic (exact) mass is 392 g/mol. The van der Waals surface area contributed by atoms with Crippen molar-refractivity contribution < 1.29 is 4.79 Å². The van der Waals surface area contributed by atoms with E-state index in [1.54, 1.807) is 6.07 Å². The molecule has 0 saturated carbocycles. The first-order chi connectivity index (χ1) is 13.6. The van der Waals surface area contributed by atoms with E-state index in [0.717, 1.165) is 29.8 Å². The topological polar surface area (TPSA) is 58.1 Å². The van der Waals surface area contributed by atoms with Gasteiger partial charge < -0.3 is 10.2 Å². The molecule has 3 aromatic rings. The molecule has 1 N–H and O–H groups in total. The van der Waals surface area contributed by atoms with Gasteiger partial charge in [-0.15, -0.1) is 0 Å². The Hall–Kier alpha value is -2.92. The number of carbonyl (C=O) groups excluding carboxylic acids is 1. The van der Waals surface area contributed by atoms with Crippen LogP contribution in [0.4, 0.5) is 11.6 Å². The molecule has 142 valence electrons. The Morgan fingerprint density at radius 1 is 1.14 bits per heavy atom. The van der Waals surface area contributed by atoms with Gasteiger partial charge in [0.25, 0.3) is 5.91 Å². The molecule has 5 nitrogen and oxygen atoms in total. The maximum Gasteiger partial charge on any atom is 0.277 e. The van der Waals surface area contributed by atoms with Gasteiger partial charge in [0.2, 0.25) is 5.95 Å². The Morgan fingerprint density at radius 3 is 2.75 bits per heavy atom. The van der Waals surface area contributed by atoms with Crippen LogP contribution in [0.2, 0.25) is 5.02 Å². The smallest absolute Gasteiger partial charge is 0.277 e. The molecule has 0 atom stereocenters. The van der Waals surface area contributed by atoms with E-state index in [2.05, 4.69) is 21.4 Å². The summed E-state index contributed by atoms with van der Waals surface area (Å²) >= 11 is 5.93. The first-order valence-electron chi connectivity index (χ1n) is 9.34. The molecule has 2 aromatic carbocycles. The second kappa shape index (κ2) is 7.98. The van der Waals surface area contributed by atoms with E-state index < -0.39 is 0 Å². The normalized spacial score (nSPS) is 13.1. The van der Waals surface area contributed by atoms with Gasteiger partial charge in [0.1, 0.15) is 5.69 Å². The third-order valence-corrected chi connectivity index (χ3v) is 5.04. The van der Waals surface area contributed by atoms with Gasteiger partial charge in [0.15, 0.2) is 0 Å². The Bertz CT molecular complexity index is 1000. The van der Waals surface area contributed by atoms with Crippen LogP contribution in [-0.4, -0.2) is 22.4 Å². The average molecular weight is 393 g/mol. The fraction of sp³-hybridized carbons (Fsp3) is 0.227. The first-order valence-corrected chi connectivity index (χ1v) is 9.72. The summed E-state index contributed by atoms with van der Waals surface area (Å²) < 4.78 is 0. The van der Waals surface area contributed by atoms with E-state index in [0.29, 0.717) is 29.8 Å². The van der Waals surface area contributed by atoms with Gasteiger partial charge in [-0.25, -0.2) is 9.97 Å². The lowest BCUT2D eigenvalue weighted by atomic mass is 10.0. The predicted molar refractivity (Wildman–Crippen MR) is 112 cm³/mol. The van der Waals surface area contributed by atoms with Crippen LogP contribution in [-0.2, 0) is 13.0 Å². The molecule has 4 rings (SSSR count). The number of nitrogens with one attached hydrogen (secondary N) is 1. The van der Waals surface area contributed by atoms with E-state index in [1.165, 1.54) is 5.56 Å². The standard InChI is InChI=1S/C22H21ClN4O/c1-15-13-19(21(28)27-12-4-6-17-5-2-3-7-20(17)27)26-22(25-15)24-14-16-8-10-18(23)11-9-16/h2-3,5,7-11,13H,4,6,12,14H2,1H3,(H,24,25,26). The number of fused-ring (bicyclic) bond motifs is 1. The van der Waals surface area contributed by atoms with Crippen molar-refractivity contribution in [2.75, 3.05) is 16.8 Å². The Morgan fingerprint density at radius 2 is 1.93 bits per heavy atom. The minimum absolute atomic E-state index is 0.0906. The van der Waals surface area contributed by atoms with Crippen molar-refractivity contribution in [2.45, 2.75) is 26.3 Å². The third-order valence-electron chi connectivity index (χ3n) is 4.79. The Labute approximate surface area is 169 Å². The van der Waals surface area contributed by atoms with Crippen molar-refractivity contribution >= 4 is 29.1 Å². The molecular weight excluding hydrogens is 372 g/mol. The molecule has 28 heavy (non-hydrogen) atoms. The number of benzene rings is 2.